The molecule has 0 radical (unpaired) electrons. The van der Waals surface area contributed by atoms with E-state index in [1.165, 1.54) is 5.56 Å². The van der Waals surface area contributed by atoms with Gasteiger partial charge in [0.05, 0.1) is 12.6 Å². The van der Waals surface area contributed by atoms with Gasteiger partial charge in [0, 0.05) is 12.6 Å². The van der Waals surface area contributed by atoms with Crippen molar-refractivity contribution >= 4 is 5.91 Å². The zero-order chi connectivity index (χ0) is 18.5. The second-order valence-corrected chi connectivity index (χ2v) is 6.31. The van der Waals surface area contributed by atoms with Gasteiger partial charge in [-0.05, 0) is 26.5 Å². The molecule has 2 heterocycles. The maximum atomic E-state index is 12.3. The first kappa shape index (κ1) is 17.8. The summed E-state index contributed by atoms with van der Waals surface area (Å²) in [6.45, 7) is 4.96. The summed E-state index contributed by atoms with van der Waals surface area (Å²) >= 11 is 0. The first-order chi connectivity index (χ1) is 12.5. The van der Waals surface area contributed by atoms with Crippen LogP contribution >= 0.6 is 0 Å². The van der Waals surface area contributed by atoms with Crippen LogP contribution in [0.15, 0.2) is 40.9 Å². The quantitative estimate of drug-likeness (QED) is 0.675. The highest BCUT2D eigenvalue weighted by atomic mass is 16.5. The topological polar surface area (TPSA) is 99.9 Å². The second-order valence-electron chi connectivity index (χ2n) is 6.31. The highest BCUT2D eigenvalue weighted by molar-refractivity contribution is 5.92. The lowest BCUT2D eigenvalue weighted by atomic mass is 10.2. The van der Waals surface area contributed by atoms with Crippen molar-refractivity contribution in [3.05, 3.63) is 65.1 Å². The van der Waals surface area contributed by atoms with Crippen LogP contribution in [-0.4, -0.2) is 38.2 Å². The lowest BCUT2D eigenvalue weighted by Crippen LogP contribution is -2.27. The van der Waals surface area contributed by atoms with Crippen molar-refractivity contribution in [3.8, 4) is 0 Å². The molecule has 3 rings (SSSR count). The third kappa shape index (κ3) is 4.54. The Morgan fingerprint density at radius 1 is 1.31 bits per heavy atom. The predicted molar refractivity (Wildman–Crippen MR) is 95.1 cm³/mol. The molecule has 8 nitrogen and oxygen atoms in total. The Morgan fingerprint density at radius 3 is 2.77 bits per heavy atom. The Kier molecular flexibility index (Phi) is 5.43. The van der Waals surface area contributed by atoms with Crippen molar-refractivity contribution in [2.75, 3.05) is 7.05 Å². The molecule has 0 aliphatic rings. The van der Waals surface area contributed by atoms with Crippen LogP contribution in [0.4, 0.5) is 0 Å². The van der Waals surface area contributed by atoms with E-state index in [1.807, 2.05) is 32.2 Å². The molecular weight excluding hydrogens is 332 g/mol. The summed E-state index contributed by atoms with van der Waals surface area (Å²) in [4.78, 5) is 18.6. The third-order valence-corrected chi connectivity index (χ3v) is 3.86. The minimum Gasteiger partial charge on any atom is -0.359 e. The van der Waals surface area contributed by atoms with Gasteiger partial charge in [0.2, 0.25) is 0 Å². The lowest BCUT2D eigenvalue weighted by molar-refractivity contribution is 0.0929. The number of aromatic nitrogens is 4. The van der Waals surface area contributed by atoms with Crippen LogP contribution in [-0.2, 0) is 13.1 Å². The average molecular weight is 354 g/mol. The van der Waals surface area contributed by atoms with Crippen molar-refractivity contribution in [3.63, 3.8) is 0 Å². The van der Waals surface area contributed by atoms with Crippen molar-refractivity contribution < 1.29 is 9.32 Å². The highest BCUT2D eigenvalue weighted by Gasteiger charge is 2.18. The average Bonchev–Trinajstić information content (AvgIpc) is 3.25. The minimum atomic E-state index is -0.326. The van der Waals surface area contributed by atoms with Crippen LogP contribution in [0.2, 0.25) is 0 Å². The number of nitrogens with zero attached hydrogens (tertiary/aromatic N) is 4. The van der Waals surface area contributed by atoms with E-state index in [4.69, 9.17) is 4.52 Å². The summed E-state index contributed by atoms with van der Waals surface area (Å²) in [6, 6.07) is 11.5. The van der Waals surface area contributed by atoms with Crippen LogP contribution in [0.3, 0.4) is 0 Å². The number of nitrogens with one attached hydrogen (secondary N) is 2. The largest absolute Gasteiger partial charge is 0.359 e. The number of aromatic amines is 1. The Hall–Kier alpha value is -3.00. The van der Waals surface area contributed by atoms with Gasteiger partial charge in [-0.3, -0.25) is 14.8 Å². The summed E-state index contributed by atoms with van der Waals surface area (Å²) < 4.78 is 5.30. The van der Waals surface area contributed by atoms with Crippen molar-refractivity contribution in [1.82, 2.24) is 30.6 Å². The Labute approximate surface area is 151 Å². The molecule has 0 spiro atoms. The number of H-pyrrole nitrogens is 1. The number of hydrogen-bond acceptors (Lipinski definition) is 6. The molecule has 26 heavy (non-hydrogen) atoms. The molecule has 1 aromatic carbocycles. The number of hydrogen-bond donors (Lipinski definition) is 2. The Morgan fingerprint density at radius 2 is 2.08 bits per heavy atom. The van der Waals surface area contributed by atoms with Gasteiger partial charge in [0.15, 0.2) is 17.3 Å². The van der Waals surface area contributed by atoms with E-state index < -0.39 is 0 Å². The molecule has 8 heteroatoms. The molecule has 1 atom stereocenters. The second kappa shape index (κ2) is 7.92. The summed E-state index contributed by atoms with van der Waals surface area (Å²) in [7, 11) is 1.99. The van der Waals surface area contributed by atoms with E-state index in [2.05, 4.69) is 42.7 Å². The molecule has 2 N–H and O–H groups in total. The predicted octanol–water partition coefficient (Wildman–Crippen LogP) is 2.22. The van der Waals surface area contributed by atoms with E-state index in [0.29, 0.717) is 24.0 Å². The zero-order valence-corrected chi connectivity index (χ0v) is 15.1. The number of carbonyl (C=O) groups is 1. The molecule has 0 aliphatic carbocycles. The van der Waals surface area contributed by atoms with Crippen LogP contribution < -0.4 is 5.32 Å². The van der Waals surface area contributed by atoms with Gasteiger partial charge in [0.25, 0.3) is 5.91 Å². The standard InChI is InChI=1S/C18H22N6O2/c1-12(17-20-13(2)21-22-17)19-18(25)16-9-15(26-23-16)11-24(3)10-14-7-5-4-6-8-14/h4-9,12H,10-11H2,1-3H3,(H,19,25)(H,20,21,22). The van der Waals surface area contributed by atoms with E-state index in [0.717, 1.165) is 6.54 Å². The molecule has 1 amide bonds. The highest BCUT2D eigenvalue weighted by Crippen LogP contribution is 2.12. The number of aryl methyl sites for hydroxylation is 1. The first-order valence-electron chi connectivity index (χ1n) is 8.39. The molecule has 0 aliphatic heterocycles. The van der Waals surface area contributed by atoms with Gasteiger partial charge >= 0.3 is 0 Å². The monoisotopic (exact) mass is 354 g/mol. The van der Waals surface area contributed by atoms with Crippen molar-refractivity contribution in [2.45, 2.75) is 33.0 Å². The normalized spacial score (nSPS) is 12.3. The fourth-order valence-corrected chi connectivity index (χ4v) is 2.60. The molecule has 1 unspecified atom stereocenters. The summed E-state index contributed by atoms with van der Waals surface area (Å²) in [5, 5.41) is 13.5. The van der Waals surface area contributed by atoms with Crippen LogP contribution in [0.5, 0.6) is 0 Å². The number of rotatable bonds is 7. The fraction of sp³-hybridized carbons (Fsp3) is 0.333. The number of benzene rings is 1. The Bertz CT molecular complexity index is 857. The molecule has 0 bridgehead atoms. The van der Waals surface area contributed by atoms with Gasteiger partial charge < -0.3 is 9.84 Å². The van der Waals surface area contributed by atoms with Crippen molar-refractivity contribution in [2.24, 2.45) is 0 Å². The molecule has 0 fully saturated rings. The molecular formula is C18H22N6O2. The summed E-state index contributed by atoms with van der Waals surface area (Å²) in [5.41, 5.74) is 1.45. The van der Waals surface area contributed by atoms with Gasteiger partial charge in [-0.1, -0.05) is 35.5 Å². The Balaban J connectivity index is 1.55. The number of carbonyl (C=O) groups excluding carboxylic acids is 1. The minimum absolute atomic E-state index is 0.243. The smallest absolute Gasteiger partial charge is 0.274 e. The van der Waals surface area contributed by atoms with E-state index in [9.17, 15) is 4.79 Å². The first-order valence-corrected chi connectivity index (χ1v) is 8.39. The van der Waals surface area contributed by atoms with Crippen molar-refractivity contribution in [1.29, 1.82) is 0 Å². The molecule has 0 saturated carbocycles. The number of amides is 1. The molecule has 136 valence electrons. The summed E-state index contributed by atoms with van der Waals surface area (Å²) in [5.74, 6) is 1.55. The van der Waals surface area contributed by atoms with E-state index >= 15 is 0 Å². The summed E-state index contributed by atoms with van der Waals surface area (Å²) in [6.07, 6.45) is 0. The maximum absolute atomic E-state index is 12.3. The van der Waals surface area contributed by atoms with Gasteiger partial charge in [-0.15, -0.1) is 0 Å². The molecule has 2 aromatic heterocycles. The SMILES string of the molecule is Cc1nc(C(C)NC(=O)c2cc(CN(C)Cc3ccccc3)on2)n[nH]1. The van der Waals surface area contributed by atoms with Gasteiger partial charge in [-0.2, -0.15) is 5.10 Å². The zero-order valence-electron chi connectivity index (χ0n) is 15.1. The third-order valence-electron chi connectivity index (χ3n) is 3.86. The van der Waals surface area contributed by atoms with Gasteiger partial charge in [-0.25, -0.2) is 4.98 Å². The van der Waals surface area contributed by atoms with Crippen LogP contribution in [0, 0.1) is 6.92 Å². The molecule has 0 saturated heterocycles. The molecule has 3 aromatic rings. The van der Waals surface area contributed by atoms with Crippen LogP contribution in [0.1, 0.15) is 46.4 Å². The van der Waals surface area contributed by atoms with E-state index in [1.54, 1.807) is 13.0 Å². The van der Waals surface area contributed by atoms with Gasteiger partial charge in [0.1, 0.15) is 5.82 Å². The van der Waals surface area contributed by atoms with E-state index in [-0.39, 0.29) is 17.6 Å². The maximum Gasteiger partial charge on any atom is 0.274 e. The fourth-order valence-electron chi connectivity index (χ4n) is 2.60. The van der Waals surface area contributed by atoms with Crippen LogP contribution in [0.25, 0.3) is 0 Å². The lowest BCUT2D eigenvalue weighted by Gasteiger charge is -2.14.